The van der Waals surface area contributed by atoms with Crippen molar-refractivity contribution in [2.24, 2.45) is 0 Å². The number of carbonyl (C=O) groups is 2. The van der Waals surface area contributed by atoms with Crippen molar-refractivity contribution in [3.8, 4) is 11.5 Å². The van der Waals surface area contributed by atoms with Crippen molar-refractivity contribution in [1.29, 1.82) is 0 Å². The number of nitrogens with one attached hydrogen (secondary N) is 1. The van der Waals surface area contributed by atoms with Gasteiger partial charge in [0.25, 0.3) is 5.91 Å². The van der Waals surface area contributed by atoms with E-state index in [4.69, 9.17) is 14.6 Å². The number of hydrogen-bond donors (Lipinski definition) is 2. The van der Waals surface area contributed by atoms with Gasteiger partial charge in [0.15, 0.2) is 11.6 Å². The molecule has 0 aromatic heterocycles. The fourth-order valence-corrected chi connectivity index (χ4v) is 2.48. The van der Waals surface area contributed by atoms with Crippen molar-refractivity contribution in [3.63, 3.8) is 0 Å². The van der Waals surface area contributed by atoms with Gasteiger partial charge in [0.1, 0.15) is 11.5 Å². The molecule has 0 aliphatic carbocycles. The summed E-state index contributed by atoms with van der Waals surface area (Å²) in [7, 11) is 1.41. The average Bonchev–Trinajstić information content (AvgIpc) is 2.58. The van der Waals surface area contributed by atoms with Crippen LogP contribution in [-0.4, -0.2) is 36.2 Å². The molecular formula is C19H19F2NO5. The summed E-state index contributed by atoms with van der Waals surface area (Å²) in [5.74, 6) is -3.11. The molecule has 0 bridgehead atoms. The molecule has 1 amide bonds. The maximum atomic E-state index is 13.2. The average molecular weight is 379 g/mol. The Morgan fingerprint density at radius 2 is 1.70 bits per heavy atom. The summed E-state index contributed by atoms with van der Waals surface area (Å²) in [5, 5.41) is 11.6. The SMILES string of the molecule is COCC(C)(CC(=O)O)NC(=O)c1ccc(Oc2ccc(F)c(F)c2)cc1. The maximum Gasteiger partial charge on any atom is 0.305 e. The molecule has 0 aliphatic heterocycles. The molecule has 0 aliphatic rings. The Morgan fingerprint density at radius 3 is 2.26 bits per heavy atom. The van der Waals surface area contributed by atoms with Gasteiger partial charge in [0, 0.05) is 18.7 Å². The number of rotatable bonds is 8. The van der Waals surface area contributed by atoms with Gasteiger partial charge in [-0.05, 0) is 43.3 Å². The van der Waals surface area contributed by atoms with E-state index < -0.39 is 29.0 Å². The molecule has 2 rings (SSSR count). The first-order valence-electron chi connectivity index (χ1n) is 7.99. The van der Waals surface area contributed by atoms with Crippen LogP contribution in [0.3, 0.4) is 0 Å². The third-order valence-electron chi connectivity index (χ3n) is 3.66. The van der Waals surface area contributed by atoms with Crippen LogP contribution in [0.4, 0.5) is 8.78 Å². The van der Waals surface area contributed by atoms with E-state index in [1.165, 1.54) is 37.4 Å². The predicted octanol–water partition coefficient (Wildman–Crippen LogP) is 3.37. The van der Waals surface area contributed by atoms with E-state index in [9.17, 15) is 18.4 Å². The number of benzene rings is 2. The number of hydrogen-bond acceptors (Lipinski definition) is 4. The molecule has 1 atom stereocenters. The summed E-state index contributed by atoms with van der Waals surface area (Å²) >= 11 is 0. The van der Waals surface area contributed by atoms with Crippen LogP contribution < -0.4 is 10.1 Å². The molecule has 8 heteroatoms. The molecule has 0 heterocycles. The van der Waals surface area contributed by atoms with Crippen LogP contribution >= 0.6 is 0 Å². The normalized spacial score (nSPS) is 12.9. The number of aliphatic carboxylic acids is 1. The van der Waals surface area contributed by atoms with Crippen LogP contribution in [-0.2, 0) is 9.53 Å². The van der Waals surface area contributed by atoms with E-state index >= 15 is 0 Å². The van der Waals surface area contributed by atoms with Gasteiger partial charge in [0.05, 0.1) is 18.6 Å². The Kier molecular flexibility index (Phi) is 6.46. The van der Waals surface area contributed by atoms with Crippen LogP contribution in [0.25, 0.3) is 0 Å². The highest BCUT2D eigenvalue weighted by molar-refractivity contribution is 5.95. The van der Waals surface area contributed by atoms with Gasteiger partial charge in [-0.2, -0.15) is 0 Å². The highest BCUT2D eigenvalue weighted by Crippen LogP contribution is 2.23. The smallest absolute Gasteiger partial charge is 0.305 e. The first-order valence-corrected chi connectivity index (χ1v) is 7.99. The molecule has 2 aromatic carbocycles. The molecule has 0 radical (unpaired) electrons. The van der Waals surface area contributed by atoms with Crippen LogP contribution in [0.15, 0.2) is 42.5 Å². The Balaban J connectivity index is 2.07. The monoisotopic (exact) mass is 379 g/mol. The second kappa shape index (κ2) is 8.59. The summed E-state index contributed by atoms with van der Waals surface area (Å²) in [5.41, 5.74) is -0.793. The molecule has 2 N–H and O–H groups in total. The van der Waals surface area contributed by atoms with Crippen molar-refractivity contribution in [1.82, 2.24) is 5.32 Å². The third kappa shape index (κ3) is 5.75. The summed E-state index contributed by atoms with van der Waals surface area (Å²) in [6.45, 7) is 1.60. The van der Waals surface area contributed by atoms with E-state index in [-0.39, 0.29) is 24.3 Å². The van der Waals surface area contributed by atoms with Crippen molar-refractivity contribution in [3.05, 3.63) is 59.7 Å². The second-order valence-corrected chi connectivity index (χ2v) is 6.22. The second-order valence-electron chi connectivity index (χ2n) is 6.22. The van der Waals surface area contributed by atoms with E-state index in [1.54, 1.807) is 6.92 Å². The maximum absolute atomic E-state index is 13.2. The number of methoxy groups -OCH3 is 1. The van der Waals surface area contributed by atoms with Gasteiger partial charge in [-0.15, -0.1) is 0 Å². The first kappa shape index (κ1) is 20.3. The summed E-state index contributed by atoms with van der Waals surface area (Å²) < 4.78 is 36.5. The Labute approximate surface area is 154 Å². The molecule has 0 saturated heterocycles. The molecule has 2 aromatic rings. The summed E-state index contributed by atoms with van der Waals surface area (Å²) in [6, 6.07) is 9.06. The van der Waals surface area contributed by atoms with E-state index in [0.29, 0.717) is 5.75 Å². The minimum Gasteiger partial charge on any atom is -0.481 e. The fraction of sp³-hybridized carbons (Fsp3) is 0.263. The van der Waals surface area contributed by atoms with E-state index in [0.717, 1.165) is 12.1 Å². The Hall–Kier alpha value is -3.00. The summed E-state index contributed by atoms with van der Waals surface area (Å²) in [6.07, 6.45) is -0.302. The molecular weight excluding hydrogens is 360 g/mol. The zero-order valence-corrected chi connectivity index (χ0v) is 14.8. The lowest BCUT2D eigenvalue weighted by atomic mass is 9.98. The van der Waals surface area contributed by atoms with Crippen molar-refractivity contribution in [2.75, 3.05) is 13.7 Å². The zero-order valence-electron chi connectivity index (χ0n) is 14.8. The molecule has 6 nitrogen and oxygen atoms in total. The van der Waals surface area contributed by atoms with Crippen LogP contribution in [0.2, 0.25) is 0 Å². The largest absolute Gasteiger partial charge is 0.481 e. The molecule has 0 fully saturated rings. The van der Waals surface area contributed by atoms with E-state index in [1.807, 2.05) is 0 Å². The molecule has 144 valence electrons. The molecule has 1 unspecified atom stereocenters. The van der Waals surface area contributed by atoms with Gasteiger partial charge in [-0.1, -0.05) is 0 Å². The Morgan fingerprint density at radius 1 is 1.07 bits per heavy atom. The van der Waals surface area contributed by atoms with Crippen LogP contribution in [0.5, 0.6) is 11.5 Å². The number of carboxylic acids is 1. The van der Waals surface area contributed by atoms with Crippen molar-refractivity contribution < 1.29 is 33.0 Å². The Bertz CT molecular complexity index is 825. The quantitative estimate of drug-likeness (QED) is 0.735. The van der Waals surface area contributed by atoms with Crippen molar-refractivity contribution >= 4 is 11.9 Å². The number of carbonyl (C=O) groups excluding carboxylic acids is 1. The highest BCUT2D eigenvalue weighted by atomic mass is 19.2. The van der Waals surface area contributed by atoms with Crippen LogP contribution in [0.1, 0.15) is 23.7 Å². The van der Waals surface area contributed by atoms with Gasteiger partial charge in [-0.25, -0.2) is 8.78 Å². The van der Waals surface area contributed by atoms with E-state index in [2.05, 4.69) is 5.32 Å². The first-order chi connectivity index (χ1) is 12.7. The molecule has 0 spiro atoms. The molecule has 0 saturated carbocycles. The minimum atomic E-state index is -1.07. The standard InChI is InChI=1S/C19H19F2NO5/c1-19(11-26-2,10-17(23)24)22-18(25)12-3-5-13(6-4-12)27-14-7-8-15(20)16(21)9-14/h3-9H,10-11H2,1-2H3,(H,22,25)(H,23,24). The van der Waals surface area contributed by atoms with Crippen molar-refractivity contribution in [2.45, 2.75) is 18.9 Å². The van der Waals surface area contributed by atoms with Gasteiger partial charge < -0.3 is 19.9 Å². The number of amides is 1. The van der Waals surface area contributed by atoms with Crippen LogP contribution in [0, 0.1) is 11.6 Å². The lowest BCUT2D eigenvalue weighted by Crippen LogP contribution is -2.50. The highest BCUT2D eigenvalue weighted by Gasteiger charge is 2.30. The summed E-state index contributed by atoms with van der Waals surface area (Å²) in [4.78, 5) is 23.4. The zero-order chi connectivity index (χ0) is 20.0. The topological polar surface area (TPSA) is 84.9 Å². The fourth-order valence-electron chi connectivity index (χ4n) is 2.48. The number of ether oxygens (including phenoxy) is 2. The predicted molar refractivity (Wildman–Crippen MR) is 92.9 cm³/mol. The number of halogens is 2. The van der Waals surface area contributed by atoms with Gasteiger partial charge >= 0.3 is 5.97 Å². The van der Waals surface area contributed by atoms with Gasteiger partial charge in [-0.3, -0.25) is 9.59 Å². The number of carboxylic acid groups (broad SMARTS) is 1. The minimum absolute atomic E-state index is 0.0301. The molecule has 27 heavy (non-hydrogen) atoms. The lowest BCUT2D eigenvalue weighted by molar-refractivity contribution is -0.139. The lowest BCUT2D eigenvalue weighted by Gasteiger charge is -2.28. The third-order valence-corrected chi connectivity index (χ3v) is 3.66. The van der Waals surface area contributed by atoms with Gasteiger partial charge in [0.2, 0.25) is 0 Å².